The Morgan fingerprint density at radius 1 is 1.12 bits per heavy atom. The summed E-state index contributed by atoms with van der Waals surface area (Å²) in [6, 6.07) is 0. The average molecular weight is 419 g/mol. The molecule has 0 aliphatic carbocycles. The lowest BCUT2D eigenvalue weighted by Gasteiger charge is -2.34. The SMILES string of the molecule is CC1(C)OC(=O)c2c(OCC(F)(F)F)c(Cl)c(Cl)c(OCB(O)O)c2O1. The smallest absolute Gasteiger partial charge is 0.490 e. The first kappa shape index (κ1) is 20.8. The molecule has 0 unspecified atom stereocenters. The van der Waals surface area contributed by atoms with E-state index in [-0.39, 0.29) is 5.75 Å². The zero-order valence-electron chi connectivity index (χ0n) is 13.3. The molecule has 0 fully saturated rings. The number of cyclic esters (lactones) is 1. The van der Waals surface area contributed by atoms with Gasteiger partial charge in [-0.25, -0.2) is 4.79 Å². The first-order chi connectivity index (χ1) is 11.8. The van der Waals surface area contributed by atoms with Crippen LogP contribution in [0.2, 0.25) is 10.0 Å². The highest BCUT2D eigenvalue weighted by Gasteiger charge is 2.42. The molecule has 7 nitrogen and oxygen atoms in total. The van der Waals surface area contributed by atoms with E-state index in [1.807, 2.05) is 0 Å². The summed E-state index contributed by atoms with van der Waals surface area (Å²) in [7, 11) is -1.90. The topological polar surface area (TPSA) is 94.5 Å². The number of alkyl halides is 3. The molecule has 13 heteroatoms. The number of carbonyl (C=O) groups excluding carboxylic acids is 1. The number of fused-ring (bicyclic) bond motifs is 1. The molecule has 0 spiro atoms. The maximum atomic E-state index is 12.5. The lowest BCUT2D eigenvalue weighted by Crippen LogP contribution is -2.39. The molecule has 1 aromatic carbocycles. The molecule has 0 amide bonds. The van der Waals surface area contributed by atoms with Crippen molar-refractivity contribution in [2.45, 2.75) is 25.8 Å². The Kier molecular flexibility index (Phi) is 5.76. The Morgan fingerprint density at radius 2 is 1.69 bits per heavy atom. The van der Waals surface area contributed by atoms with Crippen molar-refractivity contribution in [3.05, 3.63) is 15.6 Å². The Bertz CT molecular complexity index is 725. The molecule has 1 aliphatic heterocycles. The quantitative estimate of drug-likeness (QED) is 0.560. The highest BCUT2D eigenvalue weighted by molar-refractivity contribution is 6.45. The van der Waals surface area contributed by atoms with Crippen LogP contribution in [-0.2, 0) is 4.74 Å². The van der Waals surface area contributed by atoms with Gasteiger partial charge in [0.05, 0.1) is 0 Å². The third-order valence-electron chi connectivity index (χ3n) is 2.90. The van der Waals surface area contributed by atoms with E-state index in [2.05, 4.69) is 4.74 Å². The van der Waals surface area contributed by atoms with Gasteiger partial charge in [-0.2, -0.15) is 13.2 Å². The van der Waals surface area contributed by atoms with Crippen molar-refractivity contribution >= 4 is 36.3 Å². The van der Waals surface area contributed by atoms with E-state index in [9.17, 15) is 18.0 Å². The van der Waals surface area contributed by atoms with Crippen molar-refractivity contribution in [2.75, 3.05) is 13.1 Å². The molecule has 26 heavy (non-hydrogen) atoms. The molecule has 0 atom stereocenters. The van der Waals surface area contributed by atoms with Gasteiger partial charge in [-0.3, -0.25) is 0 Å². The Hall–Kier alpha value is -1.56. The van der Waals surface area contributed by atoms with Gasteiger partial charge in [0.1, 0.15) is 22.1 Å². The van der Waals surface area contributed by atoms with Gasteiger partial charge in [0.25, 0.3) is 0 Å². The summed E-state index contributed by atoms with van der Waals surface area (Å²) >= 11 is 11.9. The molecule has 0 radical (unpaired) electrons. The summed E-state index contributed by atoms with van der Waals surface area (Å²) in [5, 5.41) is 16.9. The fraction of sp³-hybridized carbons (Fsp3) is 0.462. The number of halogens is 5. The fourth-order valence-electron chi connectivity index (χ4n) is 2.03. The summed E-state index contributed by atoms with van der Waals surface area (Å²) < 4.78 is 57.6. The van der Waals surface area contributed by atoms with E-state index in [1.165, 1.54) is 13.8 Å². The van der Waals surface area contributed by atoms with Gasteiger partial charge >= 0.3 is 19.3 Å². The average Bonchev–Trinajstić information content (AvgIpc) is 2.45. The second-order valence-corrected chi connectivity index (χ2v) is 6.33. The van der Waals surface area contributed by atoms with E-state index in [0.29, 0.717) is 0 Å². The first-order valence-corrected chi connectivity index (χ1v) is 7.74. The van der Waals surface area contributed by atoms with Gasteiger partial charge in [0.2, 0.25) is 5.79 Å². The molecule has 2 rings (SSSR count). The van der Waals surface area contributed by atoms with Crippen molar-refractivity contribution in [3.63, 3.8) is 0 Å². The minimum Gasteiger partial charge on any atom is -0.490 e. The number of hydrogen-bond donors (Lipinski definition) is 2. The highest BCUT2D eigenvalue weighted by atomic mass is 35.5. The predicted octanol–water partition coefficient (Wildman–Crippen LogP) is 2.61. The van der Waals surface area contributed by atoms with Crippen LogP contribution in [0.3, 0.4) is 0 Å². The number of hydrogen-bond acceptors (Lipinski definition) is 7. The molecule has 1 heterocycles. The summed E-state index contributed by atoms with van der Waals surface area (Å²) in [6.45, 7) is 0.292. The Balaban J connectivity index is 2.61. The second kappa shape index (κ2) is 7.22. The minimum absolute atomic E-state index is 0.371. The molecule has 1 aliphatic rings. The van der Waals surface area contributed by atoms with E-state index in [0.717, 1.165) is 0 Å². The van der Waals surface area contributed by atoms with Crippen LogP contribution >= 0.6 is 23.2 Å². The lowest BCUT2D eigenvalue weighted by molar-refractivity contribution is -0.154. The first-order valence-electron chi connectivity index (χ1n) is 6.98. The van der Waals surface area contributed by atoms with Crippen LogP contribution < -0.4 is 14.2 Å². The molecule has 1 aromatic rings. The molecule has 144 valence electrons. The highest BCUT2D eigenvalue weighted by Crippen LogP contribution is 2.52. The third-order valence-corrected chi connectivity index (χ3v) is 3.72. The maximum absolute atomic E-state index is 12.5. The van der Waals surface area contributed by atoms with Crippen molar-refractivity contribution in [3.8, 4) is 17.2 Å². The largest absolute Gasteiger partial charge is 0.491 e. The van der Waals surface area contributed by atoms with Gasteiger partial charge in [-0.15, -0.1) is 0 Å². The molecule has 0 aromatic heterocycles. The predicted molar refractivity (Wildman–Crippen MR) is 83.8 cm³/mol. The zero-order chi connectivity index (χ0) is 19.9. The number of ether oxygens (including phenoxy) is 4. The molecule has 2 N–H and O–H groups in total. The zero-order valence-corrected chi connectivity index (χ0v) is 14.8. The Morgan fingerprint density at radius 3 is 2.23 bits per heavy atom. The van der Waals surface area contributed by atoms with Crippen LogP contribution in [0, 0.1) is 0 Å². The normalized spacial score (nSPS) is 15.7. The van der Waals surface area contributed by atoms with E-state index >= 15 is 0 Å². The van der Waals surface area contributed by atoms with E-state index < -0.39 is 65.3 Å². The molecule has 0 bridgehead atoms. The number of carbonyl (C=O) groups is 1. The van der Waals surface area contributed by atoms with Crippen LogP contribution in [0.5, 0.6) is 17.2 Å². The van der Waals surface area contributed by atoms with E-state index in [1.54, 1.807) is 0 Å². The number of benzene rings is 1. The van der Waals surface area contributed by atoms with Crippen LogP contribution in [0.1, 0.15) is 24.2 Å². The summed E-state index contributed by atoms with van der Waals surface area (Å²) in [6.07, 6.45) is -4.71. The summed E-state index contributed by atoms with van der Waals surface area (Å²) in [5.74, 6) is -4.04. The molecule has 0 saturated heterocycles. The van der Waals surface area contributed by atoms with Crippen LogP contribution in [0.4, 0.5) is 13.2 Å². The monoisotopic (exact) mass is 418 g/mol. The fourth-order valence-corrected chi connectivity index (χ4v) is 2.49. The molecular weight excluding hydrogens is 407 g/mol. The van der Waals surface area contributed by atoms with Crippen molar-refractivity contribution < 1.29 is 47.0 Å². The van der Waals surface area contributed by atoms with Gasteiger partial charge in [-0.1, -0.05) is 23.2 Å². The number of rotatable bonds is 5. The van der Waals surface area contributed by atoms with Gasteiger partial charge < -0.3 is 29.0 Å². The van der Waals surface area contributed by atoms with Crippen LogP contribution in [-0.4, -0.2) is 48.2 Å². The van der Waals surface area contributed by atoms with Crippen molar-refractivity contribution in [1.29, 1.82) is 0 Å². The van der Waals surface area contributed by atoms with Gasteiger partial charge in [0.15, 0.2) is 23.9 Å². The van der Waals surface area contributed by atoms with Crippen molar-refractivity contribution in [2.24, 2.45) is 0 Å². The summed E-state index contributed by atoms with van der Waals surface area (Å²) in [5.41, 5.74) is -0.564. The van der Waals surface area contributed by atoms with Gasteiger partial charge in [-0.05, 0) is 0 Å². The van der Waals surface area contributed by atoms with Crippen molar-refractivity contribution in [1.82, 2.24) is 0 Å². The number of esters is 1. The van der Waals surface area contributed by atoms with Crippen LogP contribution in [0.25, 0.3) is 0 Å². The minimum atomic E-state index is -4.71. The third kappa shape index (κ3) is 4.59. The lowest BCUT2D eigenvalue weighted by atomic mass is 9.95. The maximum Gasteiger partial charge on any atom is 0.491 e. The summed E-state index contributed by atoms with van der Waals surface area (Å²) in [4.78, 5) is 12.3. The van der Waals surface area contributed by atoms with Crippen LogP contribution in [0.15, 0.2) is 0 Å². The Labute approximate surface area is 155 Å². The second-order valence-electron chi connectivity index (χ2n) is 5.58. The standard InChI is InChI=1S/C13H12BCl2F3O7/c1-12(2)25-9-5(11(20)26-12)8(23-3-13(17,18)19)6(15)7(16)10(9)24-4-14(21)22/h21-22H,3-4H2,1-2H3. The van der Waals surface area contributed by atoms with E-state index in [4.69, 9.17) is 47.5 Å². The molecular formula is C13H12BCl2F3O7. The molecule has 0 saturated carbocycles. The van der Waals surface area contributed by atoms with Gasteiger partial charge in [0, 0.05) is 13.8 Å².